The molecule has 1 rings (SSSR count). The van der Waals surface area contributed by atoms with Crippen LogP contribution in [0.15, 0.2) is 18.2 Å². The molecule has 0 amide bonds. The van der Waals surface area contributed by atoms with Gasteiger partial charge in [-0.05, 0) is 24.5 Å². The highest BCUT2D eigenvalue weighted by atomic mass is 127. The van der Waals surface area contributed by atoms with Crippen LogP contribution in [0.3, 0.4) is 0 Å². The first kappa shape index (κ1) is 13.5. The van der Waals surface area contributed by atoms with Crippen LogP contribution in [0.5, 0.6) is 5.75 Å². The number of benzene rings is 1. The van der Waals surface area contributed by atoms with Crippen molar-refractivity contribution in [2.75, 3.05) is 20.8 Å². The molecule has 0 unspecified atom stereocenters. The number of methoxy groups -OCH3 is 2. The molecular weight excluding hydrogens is 315 g/mol. The maximum absolute atomic E-state index is 5.35. The van der Waals surface area contributed by atoms with E-state index < -0.39 is 0 Å². The van der Waals surface area contributed by atoms with E-state index >= 15 is 0 Å². The molecule has 4 heteroatoms. The molecule has 0 fully saturated rings. The summed E-state index contributed by atoms with van der Waals surface area (Å²) in [7, 11) is 3.47. The van der Waals surface area contributed by atoms with Crippen LogP contribution in [0, 0.1) is 0 Å². The van der Waals surface area contributed by atoms with Crippen molar-refractivity contribution in [3.63, 3.8) is 0 Å². The summed E-state index contributed by atoms with van der Waals surface area (Å²) >= 11 is 2.41. The van der Waals surface area contributed by atoms with E-state index in [1.54, 1.807) is 14.2 Å². The van der Waals surface area contributed by atoms with Gasteiger partial charge in [-0.25, -0.2) is 0 Å². The molecule has 0 spiro atoms. The van der Waals surface area contributed by atoms with E-state index in [0.29, 0.717) is 0 Å². The fourth-order valence-corrected chi connectivity index (χ4v) is 3.47. The quantitative estimate of drug-likeness (QED) is 0.451. The Labute approximate surface area is 111 Å². The molecule has 0 atom stereocenters. The first-order valence-corrected chi connectivity index (χ1v) is 10.8. The fraction of sp³-hybridized carbons (Fsp3) is 0.455. The molecule has 0 saturated carbocycles. The molecule has 0 aliphatic carbocycles. The van der Waals surface area contributed by atoms with Crippen LogP contribution < -0.4 is 8.43 Å². The Balaban J connectivity index is 2.72. The summed E-state index contributed by atoms with van der Waals surface area (Å²) < 4.78 is 11.9. The Bertz CT molecular complexity index is 305. The van der Waals surface area contributed by atoms with Gasteiger partial charge in [-0.3, -0.25) is 18.9 Å². The molecule has 0 heterocycles. The lowest BCUT2D eigenvalue weighted by Gasteiger charge is -2.10. The standard InChI is InChI=1S/C11H15O2.HI.Mg/c1-12-9-5-7-10-6-3-4-8-11(10)13-2;;/h4,6,8H,5,7,9H2,1-2H3;1H;/q;;+1/p-1. The number of rotatable bonds is 6. The van der Waals surface area contributed by atoms with Crippen LogP contribution in [-0.2, 0) is 11.2 Å². The minimum atomic E-state index is -0.0991. The molecule has 0 N–H and O–H groups in total. The summed E-state index contributed by atoms with van der Waals surface area (Å²) in [4.78, 5) is 0. The minimum absolute atomic E-state index is 0.0991. The van der Waals surface area contributed by atoms with Crippen LogP contribution >= 0.6 is 18.9 Å². The second kappa shape index (κ2) is 7.70. The van der Waals surface area contributed by atoms with Gasteiger partial charge in [0.25, 0.3) is 0 Å². The zero-order valence-electron chi connectivity index (χ0n) is 9.25. The minimum Gasteiger partial charge on any atom is -0.496 e. The monoisotopic (exact) mass is 330 g/mol. The van der Waals surface area contributed by atoms with Crippen molar-refractivity contribution >= 4 is 39.0 Å². The van der Waals surface area contributed by atoms with E-state index in [2.05, 4.69) is 37.1 Å². The number of aryl methyl sites for hydroxylation is 1. The Kier molecular flexibility index (Phi) is 6.95. The summed E-state index contributed by atoms with van der Waals surface area (Å²) in [5, 5.41) is 0. The van der Waals surface area contributed by atoms with Crippen molar-refractivity contribution in [3.8, 4) is 5.75 Å². The summed E-state index contributed by atoms with van der Waals surface area (Å²) in [5.74, 6) is 1.01. The van der Waals surface area contributed by atoms with E-state index in [9.17, 15) is 0 Å². The second-order valence-electron chi connectivity index (χ2n) is 3.38. The topological polar surface area (TPSA) is 18.5 Å². The third-order valence-electron chi connectivity index (χ3n) is 2.29. The third-order valence-corrected chi connectivity index (χ3v) is 5.68. The van der Waals surface area contributed by atoms with Crippen molar-refractivity contribution in [2.45, 2.75) is 12.8 Å². The molecule has 0 aromatic heterocycles. The van der Waals surface area contributed by atoms with E-state index in [1.165, 1.54) is 9.26 Å². The van der Waals surface area contributed by atoms with Gasteiger partial charge >= 0.3 is 16.5 Å². The maximum Gasteiger partial charge on any atom is 0.502 e. The lowest BCUT2D eigenvalue weighted by Crippen LogP contribution is -2.10. The fourth-order valence-electron chi connectivity index (χ4n) is 1.52. The Morgan fingerprint density at radius 1 is 1.33 bits per heavy atom. The van der Waals surface area contributed by atoms with Gasteiger partial charge in [0.05, 0.1) is 7.11 Å². The molecule has 1 aromatic carbocycles. The Hall–Kier alpha value is 0.476. The van der Waals surface area contributed by atoms with Crippen LogP contribution in [-0.4, -0.2) is 37.3 Å². The number of hydrogen-bond acceptors (Lipinski definition) is 2. The highest BCUT2D eigenvalue weighted by molar-refractivity contribution is 14.1. The molecule has 15 heavy (non-hydrogen) atoms. The average Bonchev–Trinajstić information content (AvgIpc) is 2.29. The first-order chi connectivity index (χ1) is 7.31. The van der Waals surface area contributed by atoms with Crippen molar-refractivity contribution in [2.24, 2.45) is 0 Å². The second-order valence-corrected chi connectivity index (χ2v) is 6.75. The van der Waals surface area contributed by atoms with E-state index in [1.807, 2.05) is 0 Å². The predicted octanol–water partition coefficient (Wildman–Crippen LogP) is 1.95. The van der Waals surface area contributed by atoms with Crippen molar-refractivity contribution in [3.05, 3.63) is 23.8 Å². The van der Waals surface area contributed by atoms with Crippen molar-refractivity contribution in [1.82, 2.24) is 0 Å². The number of halogens is 1. The summed E-state index contributed by atoms with van der Waals surface area (Å²) in [6.45, 7) is 0.815. The zero-order valence-corrected chi connectivity index (χ0v) is 12.8. The Morgan fingerprint density at radius 2 is 2.13 bits per heavy atom. The molecule has 0 bridgehead atoms. The molecular formula is C11H15IMgO2. The average molecular weight is 330 g/mol. The predicted molar refractivity (Wildman–Crippen MR) is 72.6 cm³/mol. The molecule has 0 aliphatic rings. The largest absolute Gasteiger partial charge is 0.502 e. The van der Waals surface area contributed by atoms with Gasteiger partial charge in [0.1, 0.15) is 5.75 Å². The molecule has 0 aliphatic heterocycles. The lowest BCUT2D eigenvalue weighted by molar-refractivity contribution is 0.195. The van der Waals surface area contributed by atoms with Crippen LogP contribution in [0.4, 0.5) is 0 Å². The van der Waals surface area contributed by atoms with Crippen LogP contribution in [0.25, 0.3) is 0 Å². The van der Waals surface area contributed by atoms with Gasteiger partial charge < -0.3 is 9.47 Å². The van der Waals surface area contributed by atoms with Crippen molar-refractivity contribution in [1.29, 1.82) is 0 Å². The van der Waals surface area contributed by atoms with Gasteiger partial charge in [-0.15, -0.1) is 0 Å². The SMILES string of the molecule is COCCCc1c[c]([Mg][I])ccc1OC. The van der Waals surface area contributed by atoms with Gasteiger partial charge in [0.2, 0.25) is 0 Å². The molecule has 2 nitrogen and oxygen atoms in total. The Morgan fingerprint density at radius 3 is 2.73 bits per heavy atom. The van der Waals surface area contributed by atoms with E-state index in [-0.39, 0.29) is 16.5 Å². The summed E-state index contributed by atoms with van der Waals surface area (Å²) in [6, 6.07) is 6.55. The van der Waals surface area contributed by atoms with E-state index in [0.717, 1.165) is 25.2 Å². The molecule has 80 valence electrons. The lowest BCUT2D eigenvalue weighted by atomic mass is 10.1. The van der Waals surface area contributed by atoms with Gasteiger partial charge in [0.15, 0.2) is 0 Å². The summed E-state index contributed by atoms with van der Waals surface area (Å²) in [5.41, 5.74) is 1.32. The summed E-state index contributed by atoms with van der Waals surface area (Å²) in [6.07, 6.45) is 2.09. The third kappa shape index (κ3) is 4.46. The number of ether oxygens (including phenoxy) is 2. The smallest absolute Gasteiger partial charge is 0.496 e. The highest BCUT2D eigenvalue weighted by Crippen LogP contribution is 2.18. The zero-order chi connectivity index (χ0) is 11.1. The first-order valence-electron chi connectivity index (χ1n) is 5.02. The number of hydrogen-bond donors (Lipinski definition) is 0. The maximum atomic E-state index is 5.35. The highest BCUT2D eigenvalue weighted by Gasteiger charge is 2.04. The molecule has 0 saturated heterocycles. The van der Waals surface area contributed by atoms with Crippen LogP contribution in [0.1, 0.15) is 12.0 Å². The van der Waals surface area contributed by atoms with Gasteiger partial charge in [0, 0.05) is 13.7 Å². The van der Waals surface area contributed by atoms with Gasteiger partial charge in [-0.2, -0.15) is 3.69 Å². The van der Waals surface area contributed by atoms with Gasteiger partial charge in [-0.1, -0.05) is 12.1 Å². The molecule has 1 aromatic rings. The van der Waals surface area contributed by atoms with Crippen molar-refractivity contribution < 1.29 is 9.47 Å². The van der Waals surface area contributed by atoms with Crippen LogP contribution in [0.2, 0.25) is 0 Å². The molecule has 0 radical (unpaired) electrons. The normalized spacial score (nSPS) is 9.80. The van der Waals surface area contributed by atoms with E-state index in [4.69, 9.17) is 9.47 Å².